The number of amides is 2. The van der Waals surface area contributed by atoms with E-state index in [1.165, 1.54) is 0 Å². The third-order valence-corrected chi connectivity index (χ3v) is 8.63. The maximum atomic E-state index is 12.9. The van der Waals surface area contributed by atoms with E-state index in [2.05, 4.69) is 21.2 Å². The molecule has 0 bridgehead atoms. The normalized spacial score (nSPS) is 21.3. The molecule has 0 aliphatic heterocycles. The number of halogens is 1. The fourth-order valence-corrected chi connectivity index (χ4v) is 6.05. The van der Waals surface area contributed by atoms with Crippen molar-refractivity contribution in [2.45, 2.75) is 49.4 Å². The second-order valence-corrected chi connectivity index (χ2v) is 11.8. The van der Waals surface area contributed by atoms with Gasteiger partial charge in [-0.05, 0) is 35.2 Å². The molecule has 0 aromatic heterocycles. The zero-order chi connectivity index (χ0) is 30.6. The molecule has 228 valence electrons. The Morgan fingerprint density at radius 2 is 1.14 bits per heavy atom. The monoisotopic (exact) mass is 657 g/mol. The Balaban J connectivity index is 1.34. The van der Waals surface area contributed by atoms with Gasteiger partial charge in [-0.25, -0.2) is 4.79 Å². The highest BCUT2D eigenvalue weighted by atomic mass is 79.9. The Kier molecular flexibility index (Phi) is 11.7. The van der Waals surface area contributed by atoms with E-state index in [4.69, 9.17) is 18.9 Å². The number of rotatable bonds is 12. The average Bonchev–Trinajstić information content (AvgIpc) is 3.06. The molecule has 0 radical (unpaired) electrons. The topological polar surface area (TPSA) is 83.1 Å². The van der Waals surface area contributed by atoms with Crippen LogP contribution in [0.4, 0.5) is 4.79 Å². The molecule has 7 nitrogen and oxygen atoms in total. The molecule has 1 saturated carbocycles. The van der Waals surface area contributed by atoms with Crippen molar-refractivity contribution < 1.29 is 28.5 Å². The largest absolute Gasteiger partial charge is 0.445 e. The van der Waals surface area contributed by atoms with Gasteiger partial charge in [0.05, 0.1) is 37.4 Å². The Morgan fingerprint density at radius 1 is 0.659 bits per heavy atom. The van der Waals surface area contributed by atoms with Crippen LogP contribution in [0.2, 0.25) is 0 Å². The first kappa shape index (κ1) is 31.6. The van der Waals surface area contributed by atoms with Crippen molar-refractivity contribution in [3.05, 3.63) is 144 Å². The number of hydrogen-bond acceptors (Lipinski definition) is 6. The molecule has 0 saturated heterocycles. The smallest absolute Gasteiger partial charge is 0.414 e. The number of nitrogens with one attached hydrogen (secondary N) is 1. The number of carbonyl (C=O) groups is 2. The third kappa shape index (κ3) is 9.09. The fraction of sp³-hybridized carbons (Fsp3) is 0.278. The number of imide groups is 1. The molecule has 8 heteroatoms. The molecule has 5 rings (SSSR count). The number of alkyl carbamates (subject to hydrolysis) is 1. The summed E-state index contributed by atoms with van der Waals surface area (Å²) in [5, 5.41) is 2.35. The van der Waals surface area contributed by atoms with Crippen LogP contribution in [-0.2, 0) is 38.8 Å². The minimum Gasteiger partial charge on any atom is -0.445 e. The molecule has 1 aliphatic carbocycles. The van der Waals surface area contributed by atoms with Crippen molar-refractivity contribution in [2.24, 2.45) is 5.92 Å². The summed E-state index contributed by atoms with van der Waals surface area (Å²) in [6.07, 6.45) is -1.83. The second kappa shape index (κ2) is 16.3. The summed E-state index contributed by atoms with van der Waals surface area (Å²) in [7, 11) is 0. The Morgan fingerprint density at radius 3 is 1.68 bits per heavy atom. The van der Waals surface area contributed by atoms with Crippen LogP contribution in [0.3, 0.4) is 0 Å². The molecule has 0 spiro atoms. The first-order valence-electron chi connectivity index (χ1n) is 14.7. The third-order valence-electron chi connectivity index (χ3n) is 7.52. The van der Waals surface area contributed by atoms with Gasteiger partial charge in [-0.2, -0.15) is 0 Å². The summed E-state index contributed by atoms with van der Waals surface area (Å²) in [5.41, 5.74) is 3.49. The standard InChI is InChI=1S/C36H36BrNO6/c37-32-31(44-36(40)38-35(39)29-19-11-4-12-20-29)21-30(25-41-22-26-13-5-1-6-14-26)33(42-23-27-15-7-2-8-16-27)34(32)43-24-28-17-9-3-10-18-28/h1-20,30-34H,21-25H2,(H,38,39,40)/t30-,31?,32?,33-,34?/m1/s1. The molecule has 3 unspecified atom stereocenters. The van der Waals surface area contributed by atoms with E-state index in [1.54, 1.807) is 30.3 Å². The van der Waals surface area contributed by atoms with Gasteiger partial charge < -0.3 is 18.9 Å². The van der Waals surface area contributed by atoms with Crippen molar-refractivity contribution in [2.75, 3.05) is 6.61 Å². The molecule has 1 N–H and O–H groups in total. The quantitative estimate of drug-likeness (QED) is 0.164. The molecular weight excluding hydrogens is 622 g/mol. The lowest BCUT2D eigenvalue weighted by Crippen LogP contribution is -2.56. The highest BCUT2D eigenvalue weighted by molar-refractivity contribution is 9.09. The van der Waals surface area contributed by atoms with Gasteiger partial charge in [-0.15, -0.1) is 0 Å². The molecule has 0 heterocycles. The SMILES string of the molecule is O=C(NC(=O)c1ccccc1)OC1C[C@H](COCc2ccccc2)[C@@H](OCc2ccccc2)C(OCc2ccccc2)C1Br. The van der Waals surface area contributed by atoms with Gasteiger partial charge in [0, 0.05) is 11.5 Å². The molecule has 4 aromatic rings. The van der Waals surface area contributed by atoms with Crippen molar-refractivity contribution in [3.63, 3.8) is 0 Å². The van der Waals surface area contributed by atoms with E-state index < -0.39 is 29.0 Å². The lowest BCUT2D eigenvalue weighted by Gasteiger charge is -2.44. The van der Waals surface area contributed by atoms with Crippen molar-refractivity contribution >= 4 is 27.9 Å². The van der Waals surface area contributed by atoms with Crippen molar-refractivity contribution in [3.8, 4) is 0 Å². The summed E-state index contributed by atoms with van der Waals surface area (Å²) < 4.78 is 25.2. The van der Waals surface area contributed by atoms with Crippen LogP contribution in [-0.4, -0.2) is 41.7 Å². The van der Waals surface area contributed by atoms with Crippen LogP contribution in [0.5, 0.6) is 0 Å². The summed E-state index contributed by atoms with van der Waals surface area (Å²) in [4.78, 5) is 25.2. The van der Waals surface area contributed by atoms with Gasteiger partial charge in [0.15, 0.2) is 0 Å². The number of alkyl halides is 1. The predicted molar refractivity (Wildman–Crippen MR) is 171 cm³/mol. The van der Waals surface area contributed by atoms with Gasteiger partial charge >= 0.3 is 6.09 Å². The first-order valence-corrected chi connectivity index (χ1v) is 15.6. The van der Waals surface area contributed by atoms with Gasteiger partial charge in [-0.3, -0.25) is 10.1 Å². The second-order valence-electron chi connectivity index (χ2n) is 10.7. The number of ether oxygens (including phenoxy) is 4. The molecular formula is C36H36BrNO6. The van der Waals surface area contributed by atoms with E-state index in [9.17, 15) is 9.59 Å². The summed E-state index contributed by atoms with van der Waals surface area (Å²) >= 11 is 3.80. The zero-order valence-corrected chi connectivity index (χ0v) is 25.9. The Bertz CT molecular complexity index is 1440. The predicted octanol–water partition coefficient (Wildman–Crippen LogP) is 7.09. The highest BCUT2D eigenvalue weighted by Gasteiger charge is 2.47. The number of hydrogen-bond donors (Lipinski definition) is 1. The minimum absolute atomic E-state index is 0.167. The minimum atomic E-state index is -0.817. The Labute approximate surface area is 266 Å². The lowest BCUT2D eigenvalue weighted by molar-refractivity contribution is -0.156. The summed E-state index contributed by atoms with van der Waals surface area (Å²) in [5.74, 6) is -0.694. The van der Waals surface area contributed by atoms with Gasteiger partial charge in [0.2, 0.25) is 0 Å². The van der Waals surface area contributed by atoms with Crippen LogP contribution in [0.25, 0.3) is 0 Å². The van der Waals surface area contributed by atoms with E-state index in [0.29, 0.717) is 38.4 Å². The van der Waals surface area contributed by atoms with Crippen LogP contribution in [0.1, 0.15) is 33.5 Å². The zero-order valence-electron chi connectivity index (χ0n) is 24.3. The number of benzene rings is 4. The average molecular weight is 659 g/mol. The lowest BCUT2D eigenvalue weighted by atomic mass is 9.82. The van der Waals surface area contributed by atoms with Crippen molar-refractivity contribution in [1.82, 2.24) is 5.32 Å². The van der Waals surface area contributed by atoms with Gasteiger partial charge in [-0.1, -0.05) is 125 Å². The molecule has 1 aliphatic rings. The molecule has 2 amide bonds. The first-order chi connectivity index (χ1) is 21.6. The molecule has 1 fully saturated rings. The van der Waals surface area contributed by atoms with Gasteiger partial charge in [0.25, 0.3) is 5.91 Å². The maximum Gasteiger partial charge on any atom is 0.414 e. The molecule has 44 heavy (non-hydrogen) atoms. The van der Waals surface area contributed by atoms with Crippen LogP contribution >= 0.6 is 15.9 Å². The molecule has 4 aromatic carbocycles. The van der Waals surface area contributed by atoms with Crippen LogP contribution in [0.15, 0.2) is 121 Å². The van der Waals surface area contributed by atoms with E-state index in [-0.39, 0.29) is 12.0 Å². The van der Waals surface area contributed by atoms with E-state index in [1.807, 2.05) is 91.0 Å². The van der Waals surface area contributed by atoms with E-state index >= 15 is 0 Å². The Hall–Kier alpha value is -3.82. The summed E-state index contributed by atoms with van der Waals surface area (Å²) in [6.45, 7) is 1.54. The maximum absolute atomic E-state index is 12.9. The van der Waals surface area contributed by atoms with E-state index in [0.717, 1.165) is 16.7 Å². The number of carbonyl (C=O) groups excluding carboxylic acids is 2. The van der Waals surface area contributed by atoms with Crippen LogP contribution < -0.4 is 5.32 Å². The highest BCUT2D eigenvalue weighted by Crippen LogP contribution is 2.37. The fourth-order valence-electron chi connectivity index (χ4n) is 5.27. The summed E-state index contributed by atoms with van der Waals surface area (Å²) in [6, 6.07) is 38.4. The van der Waals surface area contributed by atoms with Crippen LogP contribution in [0, 0.1) is 5.92 Å². The van der Waals surface area contributed by atoms with Gasteiger partial charge in [0.1, 0.15) is 12.2 Å². The van der Waals surface area contributed by atoms with Crippen molar-refractivity contribution in [1.29, 1.82) is 0 Å². The molecule has 5 atom stereocenters.